The van der Waals surface area contributed by atoms with Gasteiger partial charge in [-0.15, -0.1) is 0 Å². The summed E-state index contributed by atoms with van der Waals surface area (Å²) in [6.07, 6.45) is 0. The second-order valence-corrected chi connectivity index (χ2v) is 0. The molecule has 0 aromatic carbocycles. The fourth-order valence-electron chi connectivity index (χ4n) is 0. The minimum Gasteiger partial charge on any atom is 0 e. The van der Waals surface area contributed by atoms with Gasteiger partial charge in [0.25, 0.3) is 0 Å². The third-order valence-electron chi connectivity index (χ3n) is 0. The van der Waals surface area contributed by atoms with E-state index in [9.17, 15) is 0 Å². The molecule has 0 aliphatic heterocycles. The Hall–Kier alpha value is 2.31. The minimum absolute atomic E-state index is 0. The van der Waals surface area contributed by atoms with E-state index >= 15 is 0 Å². The van der Waals surface area contributed by atoms with Gasteiger partial charge in [0.15, 0.2) is 0 Å². The molecule has 0 aromatic heterocycles. The molecular weight excluding hydrogens is 292 g/mol. The van der Waals surface area contributed by atoms with E-state index in [0.29, 0.717) is 0 Å². The van der Waals surface area contributed by atoms with Crippen LogP contribution in [0.1, 0.15) is 0 Å². The van der Waals surface area contributed by atoms with Crippen molar-refractivity contribution in [2.45, 2.75) is 0 Å². The summed E-state index contributed by atoms with van der Waals surface area (Å²) >= 11 is 0. The van der Waals surface area contributed by atoms with Crippen LogP contribution < -0.4 is 0 Å². The summed E-state index contributed by atoms with van der Waals surface area (Å²) in [4.78, 5) is 0. The summed E-state index contributed by atoms with van der Waals surface area (Å²) in [5, 5.41) is 0. The Morgan fingerprint density at radius 3 is 0.750 bits per heavy atom. The Balaban J connectivity index is 0. The monoisotopic (exact) mass is 292 g/mol. The minimum atomic E-state index is 0. The molecule has 0 aromatic rings. The molecule has 0 spiro atoms. The molecule has 0 heterocycles. The number of hydrogen-bond donors (Lipinski definition) is 0. The summed E-state index contributed by atoms with van der Waals surface area (Å²) in [5.41, 5.74) is 0. The Morgan fingerprint density at radius 2 is 0.750 bits per heavy atom. The van der Waals surface area contributed by atoms with Crippen LogP contribution >= 0.6 is 0 Å². The van der Waals surface area contributed by atoms with E-state index in [1.165, 1.54) is 0 Å². The van der Waals surface area contributed by atoms with Gasteiger partial charge in [-0.3, -0.25) is 0 Å². The molecule has 0 bridgehead atoms. The van der Waals surface area contributed by atoms with E-state index < -0.39 is 0 Å². The molecule has 0 aliphatic carbocycles. The summed E-state index contributed by atoms with van der Waals surface area (Å²) in [5.74, 6) is 0. The molecule has 0 rings (SSSR count). The van der Waals surface area contributed by atoms with Crippen molar-refractivity contribution >= 4 is 23.9 Å². The largest absolute Gasteiger partial charge is 0 e. The molecule has 0 amide bonds. The fourth-order valence-corrected chi connectivity index (χ4v) is 0. The van der Waals surface area contributed by atoms with Crippen LogP contribution in [0.5, 0.6) is 0 Å². The van der Waals surface area contributed by atoms with Crippen LogP contribution in [0.3, 0.4) is 0 Å². The van der Waals surface area contributed by atoms with Gasteiger partial charge in [-0.2, -0.15) is 0 Å². The van der Waals surface area contributed by atoms with Crippen LogP contribution in [0.15, 0.2) is 0 Å². The zero-order valence-corrected chi connectivity index (χ0v) is 7.42. The molecule has 4 heteroatoms. The maximum Gasteiger partial charge on any atom is 0 e. The zero-order chi connectivity index (χ0) is 0. The van der Waals surface area contributed by atoms with Gasteiger partial charge in [0.05, 0.1) is 0 Å². The van der Waals surface area contributed by atoms with Crippen molar-refractivity contribution in [1.29, 1.82) is 0 Å². The first-order chi connectivity index (χ1) is 0. The van der Waals surface area contributed by atoms with Crippen molar-refractivity contribution in [3.63, 3.8) is 0 Å². The molecular formula is FeNi2Sn. The van der Waals surface area contributed by atoms with Crippen molar-refractivity contribution in [3.8, 4) is 0 Å². The molecule has 32 valence electrons. The van der Waals surface area contributed by atoms with Crippen LogP contribution in [0.4, 0.5) is 0 Å². The second-order valence-electron chi connectivity index (χ2n) is 0. The van der Waals surface area contributed by atoms with E-state index in [4.69, 9.17) is 0 Å². The Morgan fingerprint density at radius 1 is 0.750 bits per heavy atom. The molecule has 4 radical (unpaired) electrons. The van der Waals surface area contributed by atoms with Gasteiger partial charge in [0.2, 0.25) is 0 Å². The van der Waals surface area contributed by atoms with Crippen molar-refractivity contribution < 1.29 is 50.1 Å². The molecule has 0 nitrogen and oxygen atoms in total. The van der Waals surface area contributed by atoms with Gasteiger partial charge < -0.3 is 0 Å². The maximum absolute atomic E-state index is 0. The predicted octanol–water partition coefficient (Wildman–Crippen LogP) is -0.388. The van der Waals surface area contributed by atoms with Crippen LogP contribution in [0, 0.1) is 0 Å². The topological polar surface area (TPSA) is 0 Å². The molecule has 0 N–H and O–H groups in total. The van der Waals surface area contributed by atoms with Crippen LogP contribution in [-0.2, 0) is 50.1 Å². The second kappa shape index (κ2) is 18.5. The number of hydrogen-bond acceptors (Lipinski definition) is 0. The van der Waals surface area contributed by atoms with Gasteiger partial charge in [-0.25, -0.2) is 0 Å². The third-order valence-corrected chi connectivity index (χ3v) is 0. The van der Waals surface area contributed by atoms with Crippen LogP contribution in [0.25, 0.3) is 0 Å². The van der Waals surface area contributed by atoms with Crippen LogP contribution in [0.2, 0.25) is 0 Å². The van der Waals surface area contributed by atoms with E-state index in [0.717, 1.165) is 0 Å². The van der Waals surface area contributed by atoms with Gasteiger partial charge >= 0.3 is 0 Å². The first-order valence-electron chi connectivity index (χ1n) is 0. The fraction of sp³-hybridized carbons (Fsp3) is 0. The standard InChI is InChI=1S/Fe.2Ni.Sn. The van der Waals surface area contributed by atoms with Gasteiger partial charge in [0, 0.05) is 74.0 Å². The molecule has 0 saturated heterocycles. The van der Waals surface area contributed by atoms with Crippen molar-refractivity contribution in [2.24, 2.45) is 0 Å². The summed E-state index contributed by atoms with van der Waals surface area (Å²) < 4.78 is 0. The van der Waals surface area contributed by atoms with Gasteiger partial charge in [-0.05, 0) is 0 Å². The summed E-state index contributed by atoms with van der Waals surface area (Å²) in [7, 11) is 0. The number of rotatable bonds is 0. The molecule has 0 atom stereocenters. The average molecular weight is 292 g/mol. The molecule has 0 aliphatic rings. The normalized spacial score (nSPS) is 0. The Kier molecular flexibility index (Phi) is 154. The zero-order valence-electron chi connectivity index (χ0n) is 1.49. The van der Waals surface area contributed by atoms with E-state index in [1.807, 2.05) is 0 Å². The smallest absolute Gasteiger partial charge is 0 e. The van der Waals surface area contributed by atoms with Crippen molar-refractivity contribution in [2.75, 3.05) is 0 Å². The van der Waals surface area contributed by atoms with E-state index in [-0.39, 0.29) is 74.0 Å². The molecule has 0 fully saturated rings. The Labute approximate surface area is 73.1 Å². The van der Waals surface area contributed by atoms with E-state index in [1.54, 1.807) is 0 Å². The van der Waals surface area contributed by atoms with E-state index in [2.05, 4.69) is 0 Å². The molecule has 4 heavy (non-hydrogen) atoms. The Bertz CT molecular complexity index is 6.00. The quantitative estimate of drug-likeness (QED) is 0.534. The summed E-state index contributed by atoms with van der Waals surface area (Å²) in [6.45, 7) is 0. The van der Waals surface area contributed by atoms with Crippen LogP contribution in [-0.4, -0.2) is 23.9 Å². The first-order valence-corrected chi connectivity index (χ1v) is 0. The van der Waals surface area contributed by atoms with Crippen molar-refractivity contribution in [1.82, 2.24) is 0 Å². The summed E-state index contributed by atoms with van der Waals surface area (Å²) in [6, 6.07) is 0. The first kappa shape index (κ1) is 33.4. The molecule has 0 saturated carbocycles. The SMILES string of the molecule is [Fe].[Ni].[Ni].[Sn]. The third kappa shape index (κ3) is 8.85. The van der Waals surface area contributed by atoms with Crippen molar-refractivity contribution in [3.05, 3.63) is 0 Å². The maximum atomic E-state index is 0. The molecule has 0 unspecified atom stereocenters. The predicted molar refractivity (Wildman–Crippen MR) is 5.75 cm³/mol. The van der Waals surface area contributed by atoms with Gasteiger partial charge in [-0.1, -0.05) is 0 Å². The van der Waals surface area contributed by atoms with Gasteiger partial charge in [0.1, 0.15) is 0 Å². The average Bonchev–Trinajstić information content (AvgIpc) is 0.